The highest BCUT2D eigenvalue weighted by Crippen LogP contribution is 2.50. The van der Waals surface area contributed by atoms with Crippen molar-refractivity contribution in [3.05, 3.63) is 29.6 Å². The number of amides is 1. The van der Waals surface area contributed by atoms with Gasteiger partial charge < -0.3 is 15.8 Å². The molecule has 0 heterocycles. The van der Waals surface area contributed by atoms with Crippen LogP contribution in [0.15, 0.2) is 12.1 Å². The Labute approximate surface area is 139 Å². The van der Waals surface area contributed by atoms with Gasteiger partial charge in [0, 0.05) is 36.3 Å². The van der Waals surface area contributed by atoms with Crippen LogP contribution in [-0.2, 0) is 9.53 Å². The Hall–Kier alpha value is -1.31. The van der Waals surface area contributed by atoms with Gasteiger partial charge in [-0.05, 0) is 6.92 Å². The van der Waals surface area contributed by atoms with Gasteiger partial charge in [-0.15, -0.1) is 12.4 Å². The monoisotopic (exact) mass is 352 g/mol. The topological polar surface area (TPSA) is 64.3 Å². The second-order valence-electron chi connectivity index (χ2n) is 6.05. The van der Waals surface area contributed by atoms with Crippen molar-refractivity contribution in [2.75, 3.05) is 11.9 Å². The Bertz CT molecular complexity index is 589. The molecule has 0 radical (unpaired) electrons. The zero-order valence-corrected chi connectivity index (χ0v) is 13.9. The van der Waals surface area contributed by atoms with Gasteiger partial charge in [-0.25, -0.2) is 13.2 Å². The van der Waals surface area contributed by atoms with Crippen LogP contribution < -0.4 is 11.1 Å². The second-order valence-corrected chi connectivity index (χ2v) is 6.05. The summed E-state index contributed by atoms with van der Waals surface area (Å²) in [6, 6.07) is 1.43. The van der Waals surface area contributed by atoms with E-state index in [1.165, 1.54) is 0 Å². The van der Waals surface area contributed by atoms with E-state index in [-0.39, 0.29) is 24.2 Å². The molecule has 1 saturated carbocycles. The van der Waals surface area contributed by atoms with Crippen LogP contribution in [-0.4, -0.2) is 24.2 Å². The molecule has 0 saturated heterocycles. The van der Waals surface area contributed by atoms with Gasteiger partial charge in [-0.1, -0.05) is 13.8 Å². The predicted octanol–water partition coefficient (Wildman–Crippen LogP) is 3.00. The SMILES string of the molecule is CCOC1CC(N)(C(=O)Nc2cc(F)c(F)c(F)c2)C1(C)C.Cl. The molecule has 1 aliphatic carbocycles. The number of nitrogens with one attached hydrogen (secondary N) is 1. The third-order valence-electron chi connectivity index (χ3n) is 4.48. The standard InChI is InChI=1S/C15H19F3N2O2.ClH/c1-4-22-11-7-15(19,14(11,2)3)13(21)20-8-5-9(16)12(18)10(17)6-8;/h5-6,11H,4,7,19H2,1-3H3,(H,20,21);1H. The molecule has 2 atom stereocenters. The Morgan fingerprint density at radius 3 is 2.30 bits per heavy atom. The van der Waals surface area contributed by atoms with Crippen molar-refractivity contribution < 1.29 is 22.7 Å². The molecule has 23 heavy (non-hydrogen) atoms. The zero-order chi connectivity index (χ0) is 16.7. The molecular weight excluding hydrogens is 333 g/mol. The van der Waals surface area contributed by atoms with Gasteiger partial charge in [-0.3, -0.25) is 4.79 Å². The molecule has 0 aromatic heterocycles. The van der Waals surface area contributed by atoms with Crippen molar-refractivity contribution in [3.8, 4) is 0 Å². The van der Waals surface area contributed by atoms with Gasteiger partial charge in [0.05, 0.1) is 6.10 Å². The van der Waals surface area contributed by atoms with E-state index in [0.717, 1.165) is 0 Å². The molecule has 2 rings (SSSR count). The van der Waals surface area contributed by atoms with Crippen LogP contribution in [0.3, 0.4) is 0 Å². The number of hydrogen-bond acceptors (Lipinski definition) is 3. The van der Waals surface area contributed by atoms with Gasteiger partial charge in [0.15, 0.2) is 17.5 Å². The summed E-state index contributed by atoms with van der Waals surface area (Å²) in [7, 11) is 0. The summed E-state index contributed by atoms with van der Waals surface area (Å²) in [5.74, 6) is -4.91. The van der Waals surface area contributed by atoms with Crippen LogP contribution in [0.1, 0.15) is 27.2 Å². The maximum absolute atomic E-state index is 13.2. The fraction of sp³-hybridized carbons (Fsp3) is 0.533. The molecule has 1 fully saturated rings. The highest BCUT2D eigenvalue weighted by molar-refractivity contribution is 5.99. The minimum absolute atomic E-state index is 0. The first-order valence-electron chi connectivity index (χ1n) is 7.00. The molecule has 3 N–H and O–H groups in total. The van der Waals surface area contributed by atoms with E-state index >= 15 is 0 Å². The maximum atomic E-state index is 13.2. The van der Waals surface area contributed by atoms with Crippen LogP contribution in [0.2, 0.25) is 0 Å². The molecule has 0 bridgehead atoms. The summed E-state index contributed by atoms with van der Waals surface area (Å²) in [4.78, 5) is 12.4. The fourth-order valence-corrected chi connectivity index (χ4v) is 2.69. The number of carbonyl (C=O) groups is 1. The summed E-state index contributed by atoms with van der Waals surface area (Å²) >= 11 is 0. The van der Waals surface area contributed by atoms with Crippen LogP contribution in [0.4, 0.5) is 18.9 Å². The molecule has 0 aliphatic heterocycles. The van der Waals surface area contributed by atoms with Gasteiger partial charge in [-0.2, -0.15) is 0 Å². The number of benzene rings is 1. The fourth-order valence-electron chi connectivity index (χ4n) is 2.69. The van der Waals surface area contributed by atoms with Crippen molar-refractivity contribution in [2.24, 2.45) is 11.1 Å². The lowest BCUT2D eigenvalue weighted by atomic mass is 9.54. The molecule has 4 nitrogen and oxygen atoms in total. The number of anilines is 1. The number of hydrogen-bond donors (Lipinski definition) is 2. The van der Waals surface area contributed by atoms with Crippen LogP contribution in [0.5, 0.6) is 0 Å². The smallest absolute Gasteiger partial charge is 0.245 e. The average molecular weight is 353 g/mol. The zero-order valence-electron chi connectivity index (χ0n) is 13.1. The van der Waals surface area contributed by atoms with Gasteiger partial charge in [0.2, 0.25) is 5.91 Å². The molecule has 8 heteroatoms. The lowest BCUT2D eigenvalue weighted by molar-refractivity contribution is -0.166. The molecule has 1 aromatic rings. The minimum Gasteiger partial charge on any atom is -0.378 e. The van der Waals surface area contributed by atoms with E-state index < -0.39 is 34.3 Å². The molecule has 0 spiro atoms. The van der Waals surface area contributed by atoms with Crippen molar-refractivity contribution in [2.45, 2.75) is 38.8 Å². The van der Waals surface area contributed by atoms with Crippen LogP contribution >= 0.6 is 12.4 Å². The third kappa shape index (κ3) is 3.18. The van der Waals surface area contributed by atoms with Crippen molar-refractivity contribution in [1.82, 2.24) is 0 Å². The summed E-state index contributed by atoms with van der Waals surface area (Å²) in [6.07, 6.45) is 0.126. The van der Waals surface area contributed by atoms with E-state index in [4.69, 9.17) is 10.5 Å². The highest BCUT2D eigenvalue weighted by Gasteiger charge is 2.62. The first kappa shape index (κ1) is 19.7. The maximum Gasteiger partial charge on any atom is 0.245 e. The van der Waals surface area contributed by atoms with Gasteiger partial charge >= 0.3 is 0 Å². The summed E-state index contributed by atoms with van der Waals surface area (Å²) in [5.41, 5.74) is 4.10. The number of carbonyl (C=O) groups excluding carboxylic acids is 1. The Morgan fingerprint density at radius 2 is 1.87 bits per heavy atom. The minimum atomic E-state index is -1.58. The highest BCUT2D eigenvalue weighted by atomic mass is 35.5. The van der Waals surface area contributed by atoms with E-state index in [9.17, 15) is 18.0 Å². The Morgan fingerprint density at radius 1 is 1.35 bits per heavy atom. The summed E-state index contributed by atoms with van der Waals surface area (Å²) in [5, 5.41) is 2.35. The van der Waals surface area contributed by atoms with Gasteiger partial charge in [0.25, 0.3) is 0 Å². The van der Waals surface area contributed by atoms with Gasteiger partial charge in [0.1, 0.15) is 5.54 Å². The average Bonchev–Trinajstić information content (AvgIpc) is 2.44. The van der Waals surface area contributed by atoms with Crippen molar-refractivity contribution >= 4 is 24.0 Å². The number of halogens is 4. The van der Waals surface area contributed by atoms with Crippen LogP contribution in [0.25, 0.3) is 0 Å². The predicted molar refractivity (Wildman–Crippen MR) is 82.9 cm³/mol. The lowest BCUT2D eigenvalue weighted by Gasteiger charge is -2.57. The summed E-state index contributed by atoms with van der Waals surface area (Å²) < 4.78 is 44.8. The second kappa shape index (κ2) is 6.67. The van der Waals surface area contributed by atoms with E-state index in [1.54, 1.807) is 13.8 Å². The number of nitrogens with two attached hydrogens (primary N) is 1. The summed E-state index contributed by atoms with van der Waals surface area (Å²) in [6.45, 7) is 5.93. The first-order chi connectivity index (χ1) is 10.1. The number of ether oxygens (including phenoxy) is 1. The molecule has 2 unspecified atom stereocenters. The van der Waals surface area contributed by atoms with Crippen molar-refractivity contribution in [1.29, 1.82) is 0 Å². The molecule has 130 valence electrons. The quantitative estimate of drug-likeness (QED) is 0.819. The Kier molecular flexibility index (Phi) is 5.72. The van der Waals surface area contributed by atoms with Crippen LogP contribution in [0, 0.1) is 22.9 Å². The van der Waals surface area contributed by atoms with Crippen molar-refractivity contribution in [3.63, 3.8) is 0 Å². The van der Waals surface area contributed by atoms with E-state index in [2.05, 4.69) is 5.32 Å². The molecular formula is C15H20ClF3N2O2. The lowest BCUT2D eigenvalue weighted by Crippen LogP contribution is -2.74. The molecule has 1 amide bonds. The first-order valence-corrected chi connectivity index (χ1v) is 7.00. The largest absolute Gasteiger partial charge is 0.378 e. The normalized spacial score (nSPS) is 25.3. The van der Waals surface area contributed by atoms with E-state index in [0.29, 0.717) is 25.2 Å². The molecule has 1 aromatic carbocycles. The Balaban J connectivity index is 0.00000264. The van der Waals surface area contributed by atoms with E-state index in [1.807, 2.05) is 6.92 Å². The number of rotatable bonds is 4. The molecule has 1 aliphatic rings. The third-order valence-corrected chi connectivity index (χ3v) is 4.48.